The van der Waals surface area contributed by atoms with Gasteiger partial charge in [-0.05, 0) is 42.5 Å². The van der Waals surface area contributed by atoms with Crippen LogP contribution in [-0.2, 0) is 0 Å². The maximum atomic E-state index is 13.4. The molecule has 2 aromatic carbocycles. The van der Waals surface area contributed by atoms with Gasteiger partial charge in [-0.15, -0.1) is 10.2 Å². The maximum absolute atomic E-state index is 13.4. The normalized spacial score (nSPS) is 10.7. The molecule has 3 aromatic rings. The first kappa shape index (κ1) is 14.5. The molecule has 0 aliphatic carbocycles. The van der Waals surface area contributed by atoms with Gasteiger partial charge in [0.25, 0.3) is 0 Å². The Bertz CT molecular complexity index is 823. The summed E-state index contributed by atoms with van der Waals surface area (Å²) >= 11 is 6.02. The molecule has 1 heterocycles. The Morgan fingerprint density at radius 1 is 1.05 bits per heavy atom. The number of benzene rings is 2. The number of methoxy groups -OCH3 is 1. The van der Waals surface area contributed by atoms with Crippen molar-refractivity contribution < 1.29 is 9.13 Å². The molecule has 0 unspecified atom stereocenters. The van der Waals surface area contributed by atoms with Crippen molar-refractivity contribution in [3.63, 3.8) is 0 Å². The van der Waals surface area contributed by atoms with Gasteiger partial charge in [0.15, 0.2) is 11.0 Å². The van der Waals surface area contributed by atoms with Crippen LogP contribution in [0.5, 0.6) is 5.75 Å². The third-order valence-electron chi connectivity index (χ3n) is 3.45. The zero-order chi connectivity index (χ0) is 15.7. The van der Waals surface area contributed by atoms with Gasteiger partial charge in [-0.25, -0.2) is 4.39 Å². The van der Waals surface area contributed by atoms with Crippen LogP contribution in [-0.4, -0.2) is 24.4 Å². The van der Waals surface area contributed by atoms with E-state index in [4.69, 9.17) is 16.3 Å². The van der Waals surface area contributed by atoms with Crippen LogP contribution in [0, 0.1) is 5.82 Å². The molecule has 0 radical (unpaired) electrons. The highest BCUT2D eigenvalue weighted by Gasteiger charge is 2.14. The third-order valence-corrected chi connectivity index (χ3v) is 3.73. The Balaban J connectivity index is 2.10. The van der Waals surface area contributed by atoms with Gasteiger partial charge >= 0.3 is 0 Å². The minimum Gasteiger partial charge on any atom is -0.497 e. The zero-order valence-electron chi connectivity index (χ0n) is 12.0. The summed E-state index contributed by atoms with van der Waals surface area (Å²) in [5.41, 5.74) is 0.906. The number of aromatic nitrogens is 2. The van der Waals surface area contributed by atoms with E-state index in [0.717, 1.165) is 16.8 Å². The van der Waals surface area contributed by atoms with Crippen LogP contribution in [0.25, 0.3) is 10.8 Å². The monoisotopic (exact) mass is 317 g/mol. The fourth-order valence-electron chi connectivity index (χ4n) is 2.26. The Labute approximate surface area is 132 Å². The number of anilines is 2. The maximum Gasteiger partial charge on any atom is 0.163 e. The molecular weight excluding hydrogens is 305 g/mol. The van der Waals surface area contributed by atoms with Gasteiger partial charge in [0.1, 0.15) is 11.6 Å². The van der Waals surface area contributed by atoms with E-state index in [9.17, 15) is 4.39 Å². The molecule has 0 spiro atoms. The molecule has 1 aromatic heterocycles. The van der Waals surface area contributed by atoms with E-state index in [1.54, 1.807) is 13.2 Å². The lowest BCUT2D eigenvalue weighted by atomic mass is 10.1. The van der Waals surface area contributed by atoms with Gasteiger partial charge < -0.3 is 9.64 Å². The fraction of sp³-hybridized carbons (Fsp3) is 0.125. The molecule has 0 saturated heterocycles. The van der Waals surface area contributed by atoms with Crippen molar-refractivity contribution in [1.82, 2.24) is 10.2 Å². The first-order valence-electron chi connectivity index (χ1n) is 6.59. The van der Waals surface area contributed by atoms with Crippen LogP contribution in [0.15, 0.2) is 42.5 Å². The molecule has 22 heavy (non-hydrogen) atoms. The lowest BCUT2D eigenvalue weighted by molar-refractivity contribution is 0.415. The third kappa shape index (κ3) is 2.55. The number of nitrogens with zero attached hydrogens (tertiary/aromatic N) is 3. The first-order valence-corrected chi connectivity index (χ1v) is 6.97. The highest BCUT2D eigenvalue weighted by molar-refractivity contribution is 6.34. The van der Waals surface area contributed by atoms with Crippen molar-refractivity contribution in [3.8, 4) is 5.75 Å². The summed E-state index contributed by atoms with van der Waals surface area (Å²) in [7, 11) is 3.48. The summed E-state index contributed by atoms with van der Waals surface area (Å²) in [6.07, 6.45) is 0. The standard InChI is InChI=1S/C16H13ClFN3O/c1-21(11-4-6-12(22-2)7-5-11)16-13-8-3-10(18)9-14(13)15(17)19-20-16/h3-9H,1-2H3. The molecule has 0 N–H and O–H groups in total. The van der Waals surface area contributed by atoms with Crippen LogP contribution in [0.2, 0.25) is 5.15 Å². The molecule has 4 nitrogen and oxygen atoms in total. The summed E-state index contributed by atoms with van der Waals surface area (Å²) in [4.78, 5) is 1.86. The molecule has 3 rings (SSSR count). The van der Waals surface area contributed by atoms with Crippen molar-refractivity contribution >= 4 is 33.9 Å². The van der Waals surface area contributed by atoms with Gasteiger partial charge in [-0.1, -0.05) is 11.6 Å². The minimum atomic E-state index is -0.361. The Morgan fingerprint density at radius 2 is 1.77 bits per heavy atom. The number of hydrogen-bond acceptors (Lipinski definition) is 4. The summed E-state index contributed by atoms with van der Waals surface area (Å²) in [6.45, 7) is 0. The van der Waals surface area contributed by atoms with E-state index in [1.165, 1.54) is 12.1 Å². The molecule has 0 atom stereocenters. The quantitative estimate of drug-likeness (QED) is 0.725. The summed E-state index contributed by atoms with van der Waals surface area (Å²) in [5.74, 6) is 1.01. The van der Waals surface area contributed by atoms with E-state index in [0.29, 0.717) is 11.2 Å². The van der Waals surface area contributed by atoms with Crippen molar-refractivity contribution in [3.05, 3.63) is 53.4 Å². The topological polar surface area (TPSA) is 38.2 Å². The van der Waals surface area contributed by atoms with Gasteiger partial charge in [-0.2, -0.15) is 0 Å². The fourth-order valence-corrected chi connectivity index (χ4v) is 2.45. The molecule has 0 aliphatic heterocycles. The molecule has 0 amide bonds. The van der Waals surface area contributed by atoms with E-state index in [2.05, 4.69) is 10.2 Å². The van der Waals surface area contributed by atoms with Crippen molar-refractivity contribution in [2.24, 2.45) is 0 Å². The predicted octanol–water partition coefficient (Wildman–Crippen LogP) is 4.20. The zero-order valence-corrected chi connectivity index (χ0v) is 12.8. The average molecular weight is 318 g/mol. The highest BCUT2D eigenvalue weighted by atomic mass is 35.5. The molecule has 0 saturated carbocycles. The van der Waals surface area contributed by atoms with Gasteiger partial charge in [0.2, 0.25) is 0 Å². The van der Waals surface area contributed by atoms with Crippen LogP contribution < -0.4 is 9.64 Å². The molecule has 0 aliphatic rings. The highest BCUT2D eigenvalue weighted by Crippen LogP contribution is 2.32. The summed E-state index contributed by atoms with van der Waals surface area (Å²) < 4.78 is 18.6. The lowest BCUT2D eigenvalue weighted by Gasteiger charge is -2.20. The van der Waals surface area contributed by atoms with E-state index in [-0.39, 0.29) is 11.0 Å². The van der Waals surface area contributed by atoms with Crippen molar-refractivity contribution in [2.75, 3.05) is 19.1 Å². The molecule has 0 fully saturated rings. The lowest BCUT2D eigenvalue weighted by Crippen LogP contribution is -2.12. The molecule has 6 heteroatoms. The van der Waals surface area contributed by atoms with E-state index >= 15 is 0 Å². The Hall–Kier alpha value is -2.40. The number of ether oxygens (including phenoxy) is 1. The largest absolute Gasteiger partial charge is 0.497 e. The van der Waals surface area contributed by atoms with E-state index < -0.39 is 0 Å². The summed E-state index contributed by atoms with van der Waals surface area (Å²) in [5, 5.41) is 9.51. The van der Waals surface area contributed by atoms with Crippen LogP contribution in [0.4, 0.5) is 15.9 Å². The van der Waals surface area contributed by atoms with Gasteiger partial charge in [-0.3, -0.25) is 0 Å². The second-order valence-electron chi connectivity index (χ2n) is 4.76. The van der Waals surface area contributed by atoms with Gasteiger partial charge in [0, 0.05) is 23.5 Å². The SMILES string of the molecule is COc1ccc(N(C)c2nnc(Cl)c3cc(F)ccc23)cc1. The average Bonchev–Trinajstić information content (AvgIpc) is 2.55. The van der Waals surface area contributed by atoms with Crippen molar-refractivity contribution in [1.29, 1.82) is 0 Å². The smallest absolute Gasteiger partial charge is 0.163 e. The minimum absolute atomic E-state index is 0.182. The molecular formula is C16H13ClFN3O. The Kier molecular flexibility index (Phi) is 3.81. The second-order valence-corrected chi connectivity index (χ2v) is 5.12. The predicted molar refractivity (Wildman–Crippen MR) is 85.6 cm³/mol. The first-order chi connectivity index (χ1) is 10.6. The van der Waals surface area contributed by atoms with E-state index in [1.807, 2.05) is 36.2 Å². The second kappa shape index (κ2) is 5.77. The number of rotatable bonds is 3. The number of fused-ring (bicyclic) bond motifs is 1. The number of halogens is 2. The van der Waals surface area contributed by atoms with Crippen LogP contribution in [0.1, 0.15) is 0 Å². The summed E-state index contributed by atoms with van der Waals surface area (Å²) in [6, 6.07) is 11.9. The van der Waals surface area contributed by atoms with Crippen molar-refractivity contribution in [2.45, 2.75) is 0 Å². The van der Waals surface area contributed by atoms with Gasteiger partial charge in [0.05, 0.1) is 7.11 Å². The van der Waals surface area contributed by atoms with Crippen LogP contribution in [0.3, 0.4) is 0 Å². The number of hydrogen-bond donors (Lipinski definition) is 0. The molecule has 0 bridgehead atoms. The van der Waals surface area contributed by atoms with Crippen LogP contribution >= 0.6 is 11.6 Å². The Morgan fingerprint density at radius 3 is 2.45 bits per heavy atom. The molecule has 112 valence electrons.